The molecule has 0 bridgehead atoms. The molecule has 1 saturated heterocycles. The van der Waals surface area contributed by atoms with Crippen molar-refractivity contribution in [3.05, 3.63) is 17.7 Å². The van der Waals surface area contributed by atoms with Crippen molar-refractivity contribution in [2.45, 2.75) is 31.7 Å². The Morgan fingerprint density at radius 2 is 2.00 bits per heavy atom. The highest BCUT2D eigenvalue weighted by Gasteiger charge is 2.35. The minimum Gasteiger partial charge on any atom is -0.493 e. The highest BCUT2D eigenvalue weighted by Crippen LogP contribution is 2.40. The Hall–Kier alpha value is -1.47. The van der Waals surface area contributed by atoms with E-state index in [4.69, 9.17) is 14.2 Å². The van der Waals surface area contributed by atoms with Crippen LogP contribution in [-0.4, -0.2) is 57.2 Å². The van der Waals surface area contributed by atoms with Crippen molar-refractivity contribution in [1.29, 1.82) is 0 Å². The van der Waals surface area contributed by atoms with Gasteiger partial charge < -0.3 is 14.2 Å². The molecule has 0 aromatic heterocycles. The summed E-state index contributed by atoms with van der Waals surface area (Å²) >= 11 is 0. The van der Waals surface area contributed by atoms with E-state index in [0.29, 0.717) is 43.6 Å². The summed E-state index contributed by atoms with van der Waals surface area (Å²) in [4.78, 5) is 2.19. The molecule has 0 saturated carbocycles. The summed E-state index contributed by atoms with van der Waals surface area (Å²) in [7, 11) is -1.37. The Bertz CT molecular complexity index is 671. The normalized spacial score (nSPS) is 26.7. The van der Waals surface area contributed by atoms with Gasteiger partial charge in [0.05, 0.1) is 18.1 Å². The first-order chi connectivity index (χ1) is 10.9. The quantitative estimate of drug-likeness (QED) is 0.830. The Labute approximate surface area is 137 Å². The number of ether oxygens (including phenoxy) is 3. The third-order valence-electron chi connectivity index (χ3n) is 4.76. The van der Waals surface area contributed by atoms with Crippen molar-refractivity contribution in [1.82, 2.24) is 4.90 Å². The number of methoxy groups -OCH3 is 1. The molecule has 0 amide bonds. The molecule has 2 aliphatic heterocycles. The molecular weight excluding hydrogens is 318 g/mol. The summed E-state index contributed by atoms with van der Waals surface area (Å²) in [6.45, 7) is 6.00. The van der Waals surface area contributed by atoms with Gasteiger partial charge in [0.2, 0.25) is 5.75 Å². The molecule has 23 heavy (non-hydrogen) atoms. The summed E-state index contributed by atoms with van der Waals surface area (Å²) in [6.07, 6.45) is 0. The average molecular weight is 341 g/mol. The monoisotopic (exact) mass is 341 g/mol. The van der Waals surface area contributed by atoms with Crippen LogP contribution < -0.4 is 14.2 Å². The Kier molecular flexibility index (Phi) is 4.42. The molecule has 7 heteroatoms. The zero-order chi connectivity index (χ0) is 16.6. The second-order valence-corrected chi connectivity index (χ2v) is 8.58. The van der Waals surface area contributed by atoms with Gasteiger partial charge in [-0.1, -0.05) is 0 Å². The highest BCUT2D eigenvalue weighted by atomic mass is 32.2. The molecule has 0 radical (unpaired) electrons. The van der Waals surface area contributed by atoms with Crippen LogP contribution in [0.5, 0.6) is 17.2 Å². The number of nitrogens with zero attached hydrogens (tertiary/aromatic N) is 1. The lowest BCUT2D eigenvalue weighted by Crippen LogP contribution is -2.51. The minimum absolute atomic E-state index is 0.0204. The maximum absolute atomic E-state index is 12.0. The van der Waals surface area contributed by atoms with Crippen LogP contribution >= 0.6 is 0 Å². The fourth-order valence-corrected chi connectivity index (χ4v) is 4.74. The smallest absolute Gasteiger partial charge is 0.203 e. The number of rotatable bonds is 3. The maximum Gasteiger partial charge on any atom is 0.203 e. The molecule has 2 unspecified atom stereocenters. The van der Waals surface area contributed by atoms with Crippen LogP contribution in [0.25, 0.3) is 0 Å². The lowest BCUT2D eigenvalue weighted by Gasteiger charge is -2.37. The zero-order valence-corrected chi connectivity index (χ0v) is 14.6. The van der Waals surface area contributed by atoms with Crippen molar-refractivity contribution in [3.63, 3.8) is 0 Å². The van der Waals surface area contributed by atoms with Crippen molar-refractivity contribution < 1.29 is 22.6 Å². The molecule has 1 aromatic rings. The lowest BCUT2D eigenvalue weighted by atomic mass is 10.1. The molecular formula is C16H23NO5S. The fourth-order valence-electron chi connectivity index (χ4n) is 3.11. The molecule has 2 atom stereocenters. The summed E-state index contributed by atoms with van der Waals surface area (Å²) in [6, 6.07) is 3.87. The van der Waals surface area contributed by atoms with E-state index in [0.717, 1.165) is 5.56 Å². The molecule has 2 aliphatic rings. The Morgan fingerprint density at radius 1 is 1.26 bits per heavy atom. The number of fused-ring (bicyclic) bond motifs is 1. The standard InChI is InChI=1S/C16H23NO5S/c1-11-12(2)23(18,19)7-4-17(11)10-13-8-14(20-3)16-15(9-13)21-5-6-22-16/h8-9,11-12H,4-7,10H2,1-3H3. The van der Waals surface area contributed by atoms with E-state index in [-0.39, 0.29) is 17.0 Å². The van der Waals surface area contributed by atoms with Crippen molar-refractivity contribution >= 4 is 9.84 Å². The first-order valence-electron chi connectivity index (χ1n) is 7.84. The SMILES string of the molecule is COc1cc(CN2CCS(=O)(=O)C(C)C2C)cc2c1OCCO2. The maximum atomic E-state index is 12.0. The second kappa shape index (κ2) is 6.20. The second-order valence-electron chi connectivity index (χ2n) is 6.11. The zero-order valence-electron chi connectivity index (χ0n) is 13.7. The van der Waals surface area contributed by atoms with E-state index in [9.17, 15) is 8.42 Å². The Morgan fingerprint density at radius 3 is 2.74 bits per heavy atom. The molecule has 1 fully saturated rings. The molecule has 3 rings (SSSR count). The average Bonchev–Trinajstić information content (AvgIpc) is 2.55. The van der Waals surface area contributed by atoms with Gasteiger partial charge in [-0.3, -0.25) is 4.90 Å². The van der Waals surface area contributed by atoms with Crippen molar-refractivity contribution in [3.8, 4) is 17.2 Å². The molecule has 1 aromatic carbocycles. The van der Waals surface area contributed by atoms with Crippen LogP contribution in [0, 0.1) is 0 Å². The first-order valence-corrected chi connectivity index (χ1v) is 9.56. The first kappa shape index (κ1) is 16.4. The van der Waals surface area contributed by atoms with Gasteiger partial charge in [0, 0.05) is 19.1 Å². The van der Waals surface area contributed by atoms with Crippen molar-refractivity contribution in [2.75, 3.05) is 32.6 Å². The third kappa shape index (κ3) is 3.12. The fraction of sp³-hybridized carbons (Fsp3) is 0.625. The van der Waals surface area contributed by atoms with E-state index < -0.39 is 9.84 Å². The van der Waals surface area contributed by atoms with Crippen LogP contribution in [0.3, 0.4) is 0 Å². The van der Waals surface area contributed by atoms with Crippen LogP contribution in [0.1, 0.15) is 19.4 Å². The number of hydrogen-bond donors (Lipinski definition) is 0. The lowest BCUT2D eigenvalue weighted by molar-refractivity contribution is 0.163. The number of hydrogen-bond acceptors (Lipinski definition) is 6. The van der Waals surface area contributed by atoms with E-state index in [1.165, 1.54) is 0 Å². The minimum atomic E-state index is -2.97. The summed E-state index contributed by atoms with van der Waals surface area (Å²) in [5.41, 5.74) is 1.03. The molecule has 0 spiro atoms. The third-order valence-corrected chi connectivity index (χ3v) is 7.04. The van der Waals surface area contributed by atoms with Gasteiger partial charge in [0.15, 0.2) is 21.3 Å². The van der Waals surface area contributed by atoms with Crippen LogP contribution in [-0.2, 0) is 16.4 Å². The number of benzene rings is 1. The Balaban J connectivity index is 1.83. The molecule has 0 N–H and O–H groups in total. The van der Waals surface area contributed by atoms with Crippen LogP contribution in [0.15, 0.2) is 12.1 Å². The van der Waals surface area contributed by atoms with E-state index in [1.807, 2.05) is 19.1 Å². The topological polar surface area (TPSA) is 65.1 Å². The van der Waals surface area contributed by atoms with Gasteiger partial charge in [-0.2, -0.15) is 0 Å². The van der Waals surface area contributed by atoms with E-state index in [2.05, 4.69) is 4.90 Å². The van der Waals surface area contributed by atoms with Gasteiger partial charge in [-0.15, -0.1) is 0 Å². The summed E-state index contributed by atoms with van der Waals surface area (Å²) in [5.74, 6) is 2.20. The van der Waals surface area contributed by atoms with Gasteiger partial charge in [-0.25, -0.2) is 8.42 Å². The molecule has 2 heterocycles. The molecule has 0 aliphatic carbocycles. The van der Waals surface area contributed by atoms with E-state index >= 15 is 0 Å². The largest absolute Gasteiger partial charge is 0.493 e. The predicted octanol–water partition coefficient (Wildman–Crippen LogP) is 1.47. The van der Waals surface area contributed by atoms with Crippen LogP contribution in [0.4, 0.5) is 0 Å². The predicted molar refractivity (Wildman–Crippen MR) is 87.1 cm³/mol. The van der Waals surface area contributed by atoms with Gasteiger partial charge in [-0.05, 0) is 31.5 Å². The van der Waals surface area contributed by atoms with Gasteiger partial charge >= 0.3 is 0 Å². The van der Waals surface area contributed by atoms with Gasteiger partial charge in [0.25, 0.3) is 0 Å². The summed E-state index contributed by atoms with van der Waals surface area (Å²) in [5, 5.41) is -0.352. The van der Waals surface area contributed by atoms with Gasteiger partial charge in [0.1, 0.15) is 13.2 Å². The van der Waals surface area contributed by atoms with Crippen LogP contribution in [0.2, 0.25) is 0 Å². The molecule has 6 nitrogen and oxygen atoms in total. The number of sulfone groups is 1. The summed E-state index contributed by atoms with van der Waals surface area (Å²) < 4.78 is 40.7. The van der Waals surface area contributed by atoms with E-state index in [1.54, 1.807) is 14.0 Å². The molecule has 128 valence electrons. The highest BCUT2D eigenvalue weighted by molar-refractivity contribution is 7.92. The van der Waals surface area contributed by atoms with Crippen molar-refractivity contribution in [2.24, 2.45) is 0 Å².